The molecule has 2 N–H and O–H groups in total. The van der Waals surface area contributed by atoms with Crippen LogP contribution in [0, 0.1) is 5.92 Å². The van der Waals surface area contributed by atoms with Gasteiger partial charge >= 0.3 is 0 Å². The standard InChI is InChI=1S/C20H26BrN3O3S/c1-14(2)19(24(3)4)13-22-20(25)15-6-5-7-18(12-15)28(26,27)23-17-10-8-16(21)9-11-17/h5-12,14,19,23H,13H2,1-4H3,(H,22,25)/t19-/m1/s1. The lowest BCUT2D eigenvalue weighted by Gasteiger charge is -2.28. The average molecular weight is 468 g/mol. The van der Waals surface area contributed by atoms with Gasteiger partial charge in [-0.15, -0.1) is 0 Å². The van der Waals surface area contributed by atoms with Gasteiger partial charge in [-0.25, -0.2) is 8.42 Å². The highest BCUT2D eigenvalue weighted by Gasteiger charge is 2.19. The molecule has 0 saturated carbocycles. The summed E-state index contributed by atoms with van der Waals surface area (Å²) < 4.78 is 28.7. The maximum atomic E-state index is 12.6. The Labute approximate surface area is 175 Å². The van der Waals surface area contributed by atoms with Gasteiger partial charge in [-0.3, -0.25) is 9.52 Å². The van der Waals surface area contributed by atoms with Crippen LogP contribution in [0.1, 0.15) is 24.2 Å². The maximum Gasteiger partial charge on any atom is 0.261 e. The van der Waals surface area contributed by atoms with E-state index in [2.05, 4.69) is 44.7 Å². The van der Waals surface area contributed by atoms with Crippen molar-refractivity contribution in [3.8, 4) is 0 Å². The van der Waals surface area contributed by atoms with Gasteiger partial charge in [0.05, 0.1) is 4.90 Å². The number of nitrogens with zero attached hydrogens (tertiary/aromatic N) is 1. The highest BCUT2D eigenvalue weighted by Crippen LogP contribution is 2.19. The average Bonchev–Trinajstić information content (AvgIpc) is 2.63. The first-order chi connectivity index (χ1) is 13.1. The van der Waals surface area contributed by atoms with Gasteiger partial charge in [-0.1, -0.05) is 35.8 Å². The van der Waals surface area contributed by atoms with Crippen LogP contribution in [-0.2, 0) is 10.0 Å². The number of carbonyl (C=O) groups excluding carboxylic acids is 1. The van der Waals surface area contributed by atoms with Gasteiger partial charge in [0.1, 0.15) is 0 Å². The Morgan fingerprint density at radius 1 is 1.11 bits per heavy atom. The summed E-state index contributed by atoms with van der Waals surface area (Å²) in [5, 5.41) is 2.90. The van der Waals surface area contributed by atoms with Crippen LogP contribution >= 0.6 is 15.9 Å². The second-order valence-corrected chi connectivity index (χ2v) is 9.72. The van der Waals surface area contributed by atoms with Gasteiger partial charge in [0, 0.05) is 28.3 Å². The van der Waals surface area contributed by atoms with Crippen LogP contribution in [-0.4, -0.2) is 45.9 Å². The number of anilines is 1. The third kappa shape index (κ3) is 6.05. The fourth-order valence-corrected chi connectivity index (χ4v) is 4.22. The van der Waals surface area contributed by atoms with Crippen molar-refractivity contribution in [1.29, 1.82) is 0 Å². The van der Waals surface area contributed by atoms with Crippen LogP contribution < -0.4 is 10.0 Å². The maximum absolute atomic E-state index is 12.6. The van der Waals surface area contributed by atoms with Crippen molar-refractivity contribution in [3.05, 3.63) is 58.6 Å². The minimum absolute atomic E-state index is 0.0380. The van der Waals surface area contributed by atoms with E-state index in [4.69, 9.17) is 0 Å². The third-order valence-corrected chi connectivity index (χ3v) is 6.32. The topological polar surface area (TPSA) is 78.5 Å². The second kappa shape index (κ2) is 9.54. The zero-order valence-electron chi connectivity index (χ0n) is 16.4. The fourth-order valence-electron chi connectivity index (χ4n) is 2.85. The number of carbonyl (C=O) groups is 1. The Hall–Kier alpha value is -1.90. The number of hydrogen-bond donors (Lipinski definition) is 2. The smallest absolute Gasteiger partial charge is 0.261 e. The molecule has 0 fully saturated rings. The van der Waals surface area contributed by atoms with Crippen molar-refractivity contribution in [2.24, 2.45) is 5.92 Å². The molecule has 0 aliphatic heterocycles. The lowest BCUT2D eigenvalue weighted by atomic mass is 10.0. The number of benzene rings is 2. The van der Waals surface area contributed by atoms with Gasteiger partial charge in [-0.05, 0) is 62.5 Å². The van der Waals surface area contributed by atoms with Crippen molar-refractivity contribution < 1.29 is 13.2 Å². The lowest BCUT2D eigenvalue weighted by molar-refractivity contribution is 0.0934. The highest BCUT2D eigenvalue weighted by atomic mass is 79.9. The van der Waals surface area contributed by atoms with E-state index >= 15 is 0 Å². The van der Waals surface area contributed by atoms with Crippen LogP contribution in [0.25, 0.3) is 0 Å². The van der Waals surface area contributed by atoms with Crippen molar-refractivity contribution in [2.75, 3.05) is 25.4 Å². The Balaban J connectivity index is 2.14. The summed E-state index contributed by atoms with van der Waals surface area (Å²) in [6.07, 6.45) is 0. The van der Waals surface area contributed by atoms with Gasteiger partial charge in [0.15, 0.2) is 0 Å². The molecule has 1 amide bonds. The Morgan fingerprint density at radius 3 is 2.32 bits per heavy atom. The molecule has 2 rings (SSSR count). The van der Waals surface area contributed by atoms with Crippen molar-refractivity contribution in [1.82, 2.24) is 10.2 Å². The van der Waals surface area contributed by atoms with Crippen molar-refractivity contribution in [3.63, 3.8) is 0 Å². The van der Waals surface area contributed by atoms with Gasteiger partial charge in [0.2, 0.25) is 0 Å². The molecule has 2 aromatic carbocycles. The van der Waals surface area contributed by atoms with Gasteiger partial charge in [-0.2, -0.15) is 0 Å². The largest absolute Gasteiger partial charge is 0.350 e. The Morgan fingerprint density at radius 2 is 1.75 bits per heavy atom. The zero-order valence-corrected chi connectivity index (χ0v) is 18.8. The Bertz CT molecular complexity index is 905. The molecule has 1 atom stereocenters. The van der Waals surface area contributed by atoms with Crippen LogP contribution in [0.4, 0.5) is 5.69 Å². The second-order valence-electron chi connectivity index (χ2n) is 7.13. The van der Waals surface area contributed by atoms with E-state index in [0.717, 1.165) is 4.47 Å². The summed E-state index contributed by atoms with van der Waals surface area (Å²) in [6.45, 7) is 4.67. The van der Waals surface area contributed by atoms with E-state index in [9.17, 15) is 13.2 Å². The van der Waals surface area contributed by atoms with Gasteiger partial charge in [0.25, 0.3) is 15.9 Å². The molecule has 0 aliphatic carbocycles. The number of halogens is 1. The minimum atomic E-state index is -3.79. The van der Waals surface area contributed by atoms with E-state index < -0.39 is 10.0 Å². The summed E-state index contributed by atoms with van der Waals surface area (Å²) in [7, 11) is 0.146. The molecular weight excluding hydrogens is 442 g/mol. The molecule has 0 unspecified atom stereocenters. The number of amides is 1. The molecule has 0 spiro atoms. The molecule has 0 saturated heterocycles. The predicted octanol–water partition coefficient (Wildman–Crippen LogP) is 3.57. The van der Waals surface area contributed by atoms with Crippen LogP contribution in [0.3, 0.4) is 0 Å². The van der Waals surface area contributed by atoms with E-state index in [1.165, 1.54) is 12.1 Å². The molecule has 0 radical (unpaired) electrons. The van der Waals surface area contributed by atoms with E-state index in [1.807, 2.05) is 14.1 Å². The van der Waals surface area contributed by atoms with Crippen LogP contribution in [0.15, 0.2) is 57.9 Å². The molecular formula is C20H26BrN3O3S. The zero-order chi connectivity index (χ0) is 20.9. The SMILES string of the molecule is CC(C)[C@@H](CNC(=O)c1cccc(S(=O)(=O)Nc2ccc(Br)cc2)c1)N(C)C. The summed E-state index contributed by atoms with van der Waals surface area (Å²) >= 11 is 3.31. The van der Waals surface area contributed by atoms with E-state index in [1.54, 1.807) is 36.4 Å². The molecule has 0 aromatic heterocycles. The molecule has 28 heavy (non-hydrogen) atoms. The van der Waals surface area contributed by atoms with Crippen molar-refractivity contribution in [2.45, 2.75) is 24.8 Å². The first-order valence-corrected chi connectivity index (χ1v) is 11.2. The Kier molecular flexibility index (Phi) is 7.63. The molecule has 0 bridgehead atoms. The lowest BCUT2D eigenvalue weighted by Crippen LogP contribution is -2.43. The summed E-state index contributed by atoms with van der Waals surface area (Å²) in [5.41, 5.74) is 0.753. The molecule has 8 heteroatoms. The monoisotopic (exact) mass is 467 g/mol. The molecule has 6 nitrogen and oxygen atoms in total. The number of hydrogen-bond acceptors (Lipinski definition) is 4. The predicted molar refractivity (Wildman–Crippen MR) is 116 cm³/mol. The third-order valence-electron chi connectivity index (χ3n) is 4.41. The summed E-state index contributed by atoms with van der Waals surface area (Å²) in [6, 6.07) is 13.0. The fraction of sp³-hybridized carbons (Fsp3) is 0.350. The molecule has 2 aromatic rings. The van der Waals surface area contributed by atoms with Crippen molar-refractivity contribution >= 4 is 37.5 Å². The van der Waals surface area contributed by atoms with Crippen LogP contribution in [0.5, 0.6) is 0 Å². The minimum Gasteiger partial charge on any atom is -0.350 e. The summed E-state index contributed by atoms with van der Waals surface area (Å²) in [4.78, 5) is 14.6. The van der Waals surface area contributed by atoms with Gasteiger partial charge < -0.3 is 10.2 Å². The molecule has 0 aliphatic rings. The summed E-state index contributed by atoms with van der Waals surface area (Å²) in [5.74, 6) is 0.0744. The molecule has 152 valence electrons. The van der Waals surface area contributed by atoms with E-state index in [-0.39, 0.29) is 16.8 Å². The number of rotatable bonds is 8. The first kappa shape index (κ1) is 22.4. The normalized spacial score (nSPS) is 12.8. The first-order valence-electron chi connectivity index (χ1n) is 8.93. The van der Waals surface area contributed by atoms with Crippen LogP contribution in [0.2, 0.25) is 0 Å². The number of nitrogens with one attached hydrogen (secondary N) is 2. The number of likely N-dealkylation sites (N-methyl/N-ethyl adjacent to an activating group) is 1. The number of sulfonamides is 1. The highest BCUT2D eigenvalue weighted by molar-refractivity contribution is 9.10. The van der Waals surface area contributed by atoms with E-state index in [0.29, 0.717) is 23.7 Å². The quantitative estimate of drug-likeness (QED) is 0.621. The molecule has 0 heterocycles.